The zero-order valence-corrected chi connectivity index (χ0v) is 22.8. The number of amides is 1. The minimum absolute atomic E-state index is 0.0202. The van der Waals surface area contributed by atoms with E-state index in [1.165, 1.54) is 0 Å². The van der Waals surface area contributed by atoms with Crippen LogP contribution in [0.1, 0.15) is 59.1 Å². The van der Waals surface area contributed by atoms with E-state index in [1.807, 2.05) is 30.9 Å². The van der Waals surface area contributed by atoms with Gasteiger partial charge in [0.25, 0.3) is 5.91 Å². The summed E-state index contributed by atoms with van der Waals surface area (Å²) in [5, 5.41) is 0.655. The van der Waals surface area contributed by atoms with Crippen molar-refractivity contribution in [2.45, 2.75) is 70.1 Å². The van der Waals surface area contributed by atoms with Crippen LogP contribution in [0.2, 0.25) is 5.02 Å². The number of hydrogen-bond acceptors (Lipinski definition) is 6. The number of carbonyl (C=O) groups is 1. The summed E-state index contributed by atoms with van der Waals surface area (Å²) in [6, 6.07) is 3.95. The van der Waals surface area contributed by atoms with E-state index in [2.05, 4.69) is 41.4 Å². The van der Waals surface area contributed by atoms with Gasteiger partial charge in [0.2, 0.25) is 0 Å². The molecule has 1 N–H and O–H groups in total. The van der Waals surface area contributed by atoms with Crippen LogP contribution < -0.4 is 9.46 Å². The molecule has 2 heterocycles. The molecule has 0 radical (unpaired) electrons. The van der Waals surface area contributed by atoms with Crippen molar-refractivity contribution in [3.8, 4) is 5.75 Å². The van der Waals surface area contributed by atoms with Crippen molar-refractivity contribution in [2.75, 3.05) is 26.8 Å². The molecule has 0 spiro atoms. The lowest BCUT2D eigenvalue weighted by molar-refractivity contribution is -0.161. The van der Waals surface area contributed by atoms with Gasteiger partial charge in [0.15, 0.2) is 11.9 Å². The van der Waals surface area contributed by atoms with Crippen LogP contribution >= 0.6 is 39.5 Å². The van der Waals surface area contributed by atoms with E-state index < -0.39 is 11.9 Å². The number of ether oxygens (including phenoxy) is 3. The van der Waals surface area contributed by atoms with Crippen molar-refractivity contribution in [1.82, 2.24) is 9.62 Å². The zero-order chi connectivity index (χ0) is 23.7. The average Bonchev–Trinajstić information content (AvgIpc) is 3.09. The third-order valence-corrected chi connectivity index (χ3v) is 7.89. The summed E-state index contributed by atoms with van der Waals surface area (Å²) in [5.74, 6) is 0.449. The quantitative estimate of drug-likeness (QED) is 0.468. The van der Waals surface area contributed by atoms with Gasteiger partial charge in [-0.3, -0.25) is 9.52 Å². The Labute approximate surface area is 209 Å². The van der Waals surface area contributed by atoms with Gasteiger partial charge in [-0.15, -0.1) is 0 Å². The molecule has 1 amide bonds. The largest absolute Gasteiger partial charge is 0.496 e. The van der Waals surface area contributed by atoms with Crippen LogP contribution in [-0.2, 0) is 14.3 Å². The highest BCUT2D eigenvalue weighted by Crippen LogP contribution is 2.41. The molecule has 2 atom stereocenters. The van der Waals surface area contributed by atoms with E-state index in [0.717, 1.165) is 28.6 Å². The number of hydrogen-bond donors (Lipinski definition) is 1. The second-order valence-electron chi connectivity index (χ2n) is 9.80. The summed E-state index contributed by atoms with van der Waals surface area (Å²) in [5.41, 5.74) is 1.04. The van der Waals surface area contributed by atoms with Crippen molar-refractivity contribution in [3.05, 3.63) is 27.2 Å². The van der Waals surface area contributed by atoms with Gasteiger partial charge in [-0.05, 0) is 81.4 Å². The fraction of sp³-hybridized carbons (Fsp3) is 0.696. The number of benzene rings is 1. The number of piperidine rings is 1. The van der Waals surface area contributed by atoms with E-state index in [1.54, 1.807) is 19.1 Å². The Morgan fingerprint density at radius 2 is 2.00 bits per heavy atom. The molecular formula is C23H34BrClN2O4S. The SMILES string of the molecule is COc1cc(Br)c(Cl)cc1C(NSC(C)(C)C)C1CCN(C(=O)C2COC(C)(C)O2)CC1. The molecule has 0 bridgehead atoms. The topological polar surface area (TPSA) is 60.0 Å². The average molecular weight is 550 g/mol. The first-order valence-electron chi connectivity index (χ1n) is 11.0. The summed E-state index contributed by atoms with van der Waals surface area (Å²) in [6.45, 7) is 11.9. The lowest BCUT2D eigenvalue weighted by atomic mass is 9.85. The monoisotopic (exact) mass is 548 g/mol. The normalized spacial score (nSPS) is 22.8. The lowest BCUT2D eigenvalue weighted by Crippen LogP contribution is -2.46. The molecular weight excluding hydrogens is 516 g/mol. The highest BCUT2D eigenvalue weighted by molar-refractivity contribution is 9.10. The minimum Gasteiger partial charge on any atom is -0.496 e. The first-order valence-corrected chi connectivity index (χ1v) is 13.0. The minimum atomic E-state index is -0.699. The number of nitrogens with one attached hydrogen (secondary N) is 1. The molecule has 9 heteroatoms. The molecule has 2 unspecified atom stereocenters. The van der Waals surface area contributed by atoms with Gasteiger partial charge in [-0.1, -0.05) is 23.5 Å². The fourth-order valence-corrected chi connectivity index (χ4v) is 5.38. The molecule has 2 aliphatic rings. The van der Waals surface area contributed by atoms with Crippen molar-refractivity contribution < 1.29 is 19.0 Å². The first kappa shape index (κ1) is 26.1. The smallest absolute Gasteiger partial charge is 0.254 e. The Hall–Kier alpha value is -0.510. The zero-order valence-electron chi connectivity index (χ0n) is 19.7. The number of nitrogens with zero attached hydrogens (tertiary/aromatic N) is 1. The Morgan fingerprint density at radius 1 is 1.34 bits per heavy atom. The fourth-order valence-electron chi connectivity index (χ4n) is 4.08. The van der Waals surface area contributed by atoms with Gasteiger partial charge in [0.1, 0.15) is 5.75 Å². The molecule has 6 nitrogen and oxygen atoms in total. The maximum absolute atomic E-state index is 12.9. The molecule has 180 valence electrons. The third-order valence-electron chi connectivity index (χ3n) is 5.71. The molecule has 0 aliphatic carbocycles. The maximum Gasteiger partial charge on any atom is 0.254 e. The number of likely N-dealkylation sites (tertiary alicyclic amines) is 1. The first-order chi connectivity index (χ1) is 14.9. The van der Waals surface area contributed by atoms with Gasteiger partial charge in [0.05, 0.1) is 18.7 Å². The second kappa shape index (κ2) is 10.4. The summed E-state index contributed by atoms with van der Waals surface area (Å²) < 4.78 is 21.6. The predicted molar refractivity (Wildman–Crippen MR) is 133 cm³/mol. The van der Waals surface area contributed by atoms with Crippen LogP contribution in [0.25, 0.3) is 0 Å². The molecule has 0 aromatic heterocycles. The molecule has 0 saturated carbocycles. The van der Waals surface area contributed by atoms with E-state index in [9.17, 15) is 4.79 Å². The maximum atomic E-state index is 12.9. The van der Waals surface area contributed by atoms with Crippen LogP contribution in [0.15, 0.2) is 16.6 Å². The molecule has 2 aliphatic heterocycles. The Morgan fingerprint density at radius 3 is 2.53 bits per heavy atom. The number of methoxy groups -OCH3 is 1. The Kier molecular flexibility index (Phi) is 8.48. The van der Waals surface area contributed by atoms with Gasteiger partial charge in [-0.25, -0.2) is 0 Å². The Bertz CT molecular complexity index is 825. The number of rotatable bonds is 6. The third kappa shape index (κ3) is 6.54. The lowest BCUT2D eigenvalue weighted by Gasteiger charge is -2.38. The van der Waals surface area contributed by atoms with E-state index in [0.29, 0.717) is 30.6 Å². The van der Waals surface area contributed by atoms with Crippen molar-refractivity contribution in [1.29, 1.82) is 0 Å². The van der Waals surface area contributed by atoms with Crippen molar-refractivity contribution >= 4 is 45.4 Å². The van der Waals surface area contributed by atoms with Crippen LogP contribution in [0.3, 0.4) is 0 Å². The highest BCUT2D eigenvalue weighted by atomic mass is 79.9. The van der Waals surface area contributed by atoms with Crippen LogP contribution in [0.5, 0.6) is 5.75 Å². The molecule has 1 aromatic carbocycles. The summed E-state index contributed by atoms with van der Waals surface area (Å²) in [7, 11) is 1.68. The van der Waals surface area contributed by atoms with Gasteiger partial charge >= 0.3 is 0 Å². The molecule has 2 saturated heterocycles. The van der Waals surface area contributed by atoms with Crippen LogP contribution in [0, 0.1) is 5.92 Å². The van der Waals surface area contributed by atoms with Gasteiger partial charge < -0.3 is 19.1 Å². The second-order valence-corrected chi connectivity index (χ2v) is 12.7. The standard InChI is InChI=1S/C23H34BrClN2O4S/c1-22(2,3)32-26-20(15-11-17(25)16(24)12-18(15)29-6)14-7-9-27(10-8-14)21(28)19-13-30-23(4,5)31-19/h11-12,14,19-20,26H,7-10,13H2,1-6H3. The number of carbonyl (C=O) groups excluding carboxylic acids is 1. The highest BCUT2D eigenvalue weighted by Gasteiger charge is 2.40. The molecule has 1 aromatic rings. The van der Waals surface area contributed by atoms with Crippen molar-refractivity contribution in [2.24, 2.45) is 5.92 Å². The van der Waals surface area contributed by atoms with Gasteiger partial charge in [-0.2, -0.15) is 0 Å². The summed E-state index contributed by atoms with van der Waals surface area (Å²) in [4.78, 5) is 14.8. The van der Waals surface area contributed by atoms with E-state index in [-0.39, 0.29) is 16.7 Å². The molecule has 2 fully saturated rings. The summed E-state index contributed by atoms with van der Waals surface area (Å²) in [6.07, 6.45) is 1.24. The Balaban J connectivity index is 1.74. The predicted octanol–water partition coefficient (Wildman–Crippen LogP) is 5.58. The summed E-state index contributed by atoms with van der Waals surface area (Å²) >= 11 is 11.7. The van der Waals surface area contributed by atoms with E-state index in [4.69, 9.17) is 25.8 Å². The van der Waals surface area contributed by atoms with Crippen LogP contribution in [-0.4, -0.2) is 54.3 Å². The molecule has 3 rings (SSSR count). The van der Waals surface area contributed by atoms with Crippen molar-refractivity contribution in [3.63, 3.8) is 0 Å². The van der Waals surface area contributed by atoms with Crippen LogP contribution in [0.4, 0.5) is 0 Å². The van der Waals surface area contributed by atoms with Gasteiger partial charge in [0, 0.05) is 33.9 Å². The molecule has 32 heavy (non-hydrogen) atoms. The number of halogens is 2. The van der Waals surface area contributed by atoms with E-state index >= 15 is 0 Å².